The van der Waals surface area contributed by atoms with Crippen molar-refractivity contribution in [3.05, 3.63) is 70.3 Å². The highest BCUT2D eigenvalue weighted by Crippen LogP contribution is 2.66. The number of rotatable bonds is 4. The van der Waals surface area contributed by atoms with Gasteiger partial charge in [0.15, 0.2) is 29.0 Å². The summed E-state index contributed by atoms with van der Waals surface area (Å²) in [4.78, 5) is 30.4. The topological polar surface area (TPSA) is 94.4 Å². The molecule has 2 saturated carbocycles. The first-order valence-electron chi connectivity index (χ1n) is 12.5. The number of Topliss-reactive ketones (excluding diaryl/α,β-unsaturated/α-hetero) is 1. The number of hydrogen-bond donors (Lipinski definition) is 1. The number of fused-ring (bicyclic) bond motifs is 2. The van der Waals surface area contributed by atoms with Crippen molar-refractivity contribution in [3.8, 4) is 11.5 Å². The van der Waals surface area contributed by atoms with Gasteiger partial charge in [-0.05, 0) is 42.5 Å². The largest absolute Gasteiger partial charge is 0.509 e. The van der Waals surface area contributed by atoms with Gasteiger partial charge in [0.05, 0.1) is 17.7 Å². The summed E-state index contributed by atoms with van der Waals surface area (Å²) < 4.78 is 17.7. The van der Waals surface area contributed by atoms with Gasteiger partial charge in [-0.2, -0.15) is 0 Å². The molecule has 3 atom stereocenters. The normalized spacial score (nSPS) is 28.6. The first kappa shape index (κ1) is 22.8. The van der Waals surface area contributed by atoms with E-state index in [1.807, 2.05) is 13.0 Å². The zero-order chi connectivity index (χ0) is 25.1. The van der Waals surface area contributed by atoms with Crippen molar-refractivity contribution in [3.63, 3.8) is 0 Å². The second-order valence-electron chi connectivity index (χ2n) is 10.2. The minimum atomic E-state index is -1.13. The Morgan fingerprint density at radius 1 is 1.22 bits per heavy atom. The molecule has 0 amide bonds. The van der Waals surface area contributed by atoms with E-state index in [1.54, 1.807) is 19.2 Å². The SMILES string of the molecule is CN=C1CC23c4c(C)ccc(O)c4OC2C(=O)CCC13OC(=O)OCCC1=CCc2ccccc2C1. The van der Waals surface area contributed by atoms with Crippen molar-refractivity contribution in [1.29, 1.82) is 0 Å². The van der Waals surface area contributed by atoms with Gasteiger partial charge in [0.25, 0.3) is 0 Å². The molecule has 6 rings (SSSR count). The molecule has 0 aromatic heterocycles. The van der Waals surface area contributed by atoms with E-state index in [2.05, 4.69) is 29.3 Å². The molecule has 2 aromatic rings. The summed E-state index contributed by atoms with van der Waals surface area (Å²) in [7, 11) is 1.67. The molecule has 3 aliphatic carbocycles. The molecule has 0 radical (unpaired) electrons. The Balaban J connectivity index is 1.22. The molecule has 7 heteroatoms. The summed E-state index contributed by atoms with van der Waals surface area (Å²) in [5.41, 5.74) is 4.16. The maximum absolute atomic E-state index is 13.0. The van der Waals surface area contributed by atoms with Crippen molar-refractivity contribution >= 4 is 17.7 Å². The quantitative estimate of drug-likeness (QED) is 0.503. The number of ketones is 1. The Morgan fingerprint density at radius 3 is 2.83 bits per heavy atom. The Hall–Kier alpha value is -3.61. The monoisotopic (exact) mass is 487 g/mol. The highest BCUT2D eigenvalue weighted by molar-refractivity contribution is 6.09. The smallest absolute Gasteiger partial charge is 0.504 e. The second-order valence-corrected chi connectivity index (χ2v) is 10.2. The van der Waals surface area contributed by atoms with Gasteiger partial charge in [-0.1, -0.05) is 42.0 Å². The summed E-state index contributed by atoms with van der Waals surface area (Å²) in [5.74, 6) is 0.224. The van der Waals surface area contributed by atoms with Crippen LogP contribution in [-0.4, -0.2) is 48.1 Å². The molecule has 2 fully saturated rings. The number of benzene rings is 2. The standard InChI is InChI=1S/C29H29NO6/c1-17-7-10-21(31)25-24(17)28-16-23(30-2)29(28,13-11-22(32)26(28)35-25)36-27(33)34-14-12-18-8-9-19-5-3-4-6-20(19)15-18/h3-8,10,26,31H,9,11-16H2,1-2H3. The molecule has 36 heavy (non-hydrogen) atoms. The predicted octanol–water partition coefficient (Wildman–Crippen LogP) is 4.54. The third kappa shape index (κ3) is 3.08. The lowest BCUT2D eigenvalue weighted by Gasteiger charge is -2.60. The number of carbonyl (C=O) groups excluding carboxylic acids is 2. The molecule has 0 bridgehead atoms. The van der Waals surface area contributed by atoms with E-state index >= 15 is 0 Å². The molecule has 3 unspecified atom stereocenters. The van der Waals surface area contributed by atoms with E-state index in [0.29, 0.717) is 30.7 Å². The summed E-state index contributed by atoms with van der Waals surface area (Å²) >= 11 is 0. The van der Waals surface area contributed by atoms with E-state index in [4.69, 9.17) is 14.2 Å². The number of phenols is 1. The van der Waals surface area contributed by atoms with Crippen LogP contribution in [0.15, 0.2) is 53.0 Å². The van der Waals surface area contributed by atoms with Gasteiger partial charge >= 0.3 is 6.16 Å². The molecule has 2 aromatic carbocycles. The first-order valence-corrected chi connectivity index (χ1v) is 12.5. The van der Waals surface area contributed by atoms with Gasteiger partial charge in [0.2, 0.25) is 0 Å². The highest BCUT2D eigenvalue weighted by atomic mass is 16.7. The number of allylic oxidation sites excluding steroid dienone is 1. The van der Waals surface area contributed by atoms with E-state index in [1.165, 1.54) is 16.7 Å². The van der Waals surface area contributed by atoms with E-state index in [0.717, 1.165) is 24.0 Å². The molecule has 4 aliphatic rings. The van der Waals surface area contributed by atoms with Crippen LogP contribution in [-0.2, 0) is 32.5 Å². The van der Waals surface area contributed by atoms with Gasteiger partial charge in [0.1, 0.15) is 0 Å². The number of phenolic OH excluding ortho intramolecular Hbond substituents is 1. The van der Waals surface area contributed by atoms with Crippen LogP contribution in [0.4, 0.5) is 4.79 Å². The van der Waals surface area contributed by atoms with Crippen molar-refractivity contribution in [2.24, 2.45) is 4.99 Å². The minimum absolute atomic E-state index is 0.0205. The van der Waals surface area contributed by atoms with E-state index in [-0.39, 0.29) is 24.6 Å². The Bertz CT molecular complexity index is 1340. The second kappa shape index (κ2) is 8.22. The lowest BCUT2D eigenvalue weighted by atomic mass is 9.45. The van der Waals surface area contributed by atoms with Crippen LogP contribution in [0.1, 0.15) is 47.9 Å². The van der Waals surface area contributed by atoms with Crippen LogP contribution in [0, 0.1) is 6.92 Å². The number of nitrogens with zero attached hydrogens (tertiary/aromatic N) is 1. The number of aryl methyl sites for hydroxylation is 1. The molecule has 1 spiro atoms. The van der Waals surface area contributed by atoms with Crippen molar-refractivity contribution < 1.29 is 28.9 Å². The number of carbonyl (C=O) groups is 2. The number of aliphatic imine (C=N–C) groups is 1. The van der Waals surface area contributed by atoms with Crippen LogP contribution in [0.25, 0.3) is 0 Å². The van der Waals surface area contributed by atoms with Crippen LogP contribution in [0.3, 0.4) is 0 Å². The highest BCUT2D eigenvalue weighted by Gasteiger charge is 2.78. The third-order valence-corrected chi connectivity index (χ3v) is 8.44. The summed E-state index contributed by atoms with van der Waals surface area (Å²) in [6.45, 7) is 2.13. The van der Waals surface area contributed by atoms with E-state index < -0.39 is 23.3 Å². The average Bonchev–Trinajstić information content (AvgIpc) is 3.26. The first-order chi connectivity index (χ1) is 17.4. The zero-order valence-corrected chi connectivity index (χ0v) is 20.5. The fourth-order valence-corrected chi connectivity index (χ4v) is 6.72. The Labute approximate surface area is 209 Å². The average molecular weight is 488 g/mol. The van der Waals surface area contributed by atoms with Crippen LogP contribution < -0.4 is 4.74 Å². The molecule has 7 nitrogen and oxygen atoms in total. The molecule has 1 heterocycles. The molecule has 1 N–H and O–H groups in total. The maximum atomic E-state index is 13.0. The predicted molar refractivity (Wildman–Crippen MR) is 133 cm³/mol. The summed E-state index contributed by atoms with van der Waals surface area (Å²) in [6.07, 6.45) is 3.91. The Kier molecular flexibility index (Phi) is 5.21. The summed E-state index contributed by atoms with van der Waals surface area (Å²) in [5, 5.41) is 10.5. The summed E-state index contributed by atoms with van der Waals surface area (Å²) in [6, 6.07) is 11.7. The van der Waals surface area contributed by atoms with Crippen LogP contribution in [0.5, 0.6) is 11.5 Å². The lowest BCUT2D eigenvalue weighted by Crippen LogP contribution is -2.76. The molecular formula is C29H29NO6. The zero-order valence-electron chi connectivity index (χ0n) is 20.5. The number of hydrogen-bond acceptors (Lipinski definition) is 7. The van der Waals surface area contributed by atoms with Crippen molar-refractivity contribution in [2.45, 2.75) is 62.6 Å². The lowest BCUT2D eigenvalue weighted by molar-refractivity contribution is -0.149. The van der Waals surface area contributed by atoms with Crippen LogP contribution in [0.2, 0.25) is 0 Å². The number of aromatic hydroxyl groups is 1. The van der Waals surface area contributed by atoms with Gasteiger partial charge in [-0.25, -0.2) is 4.79 Å². The number of ether oxygens (including phenoxy) is 3. The Morgan fingerprint density at radius 2 is 2.03 bits per heavy atom. The minimum Gasteiger partial charge on any atom is -0.504 e. The van der Waals surface area contributed by atoms with Crippen LogP contribution >= 0.6 is 0 Å². The van der Waals surface area contributed by atoms with Gasteiger partial charge < -0.3 is 19.3 Å². The van der Waals surface area contributed by atoms with Crippen molar-refractivity contribution in [1.82, 2.24) is 0 Å². The molecule has 1 aliphatic heterocycles. The van der Waals surface area contributed by atoms with Gasteiger partial charge in [-0.15, -0.1) is 0 Å². The fourth-order valence-electron chi connectivity index (χ4n) is 6.72. The third-order valence-electron chi connectivity index (χ3n) is 8.44. The fraction of sp³-hybridized carbons (Fsp3) is 0.414. The van der Waals surface area contributed by atoms with E-state index in [9.17, 15) is 14.7 Å². The van der Waals surface area contributed by atoms with Gasteiger partial charge in [0, 0.05) is 38.3 Å². The maximum Gasteiger partial charge on any atom is 0.509 e. The molecule has 186 valence electrons. The van der Waals surface area contributed by atoms with Gasteiger partial charge in [-0.3, -0.25) is 9.79 Å². The molecule has 0 saturated heterocycles. The van der Waals surface area contributed by atoms with Crippen molar-refractivity contribution in [2.75, 3.05) is 13.7 Å². The molecular weight excluding hydrogens is 458 g/mol.